The van der Waals surface area contributed by atoms with Gasteiger partial charge in [0.2, 0.25) is 0 Å². The van der Waals surface area contributed by atoms with Crippen LogP contribution in [0, 0.1) is 5.92 Å². The lowest BCUT2D eigenvalue weighted by molar-refractivity contribution is 0.123. The standard InChI is InChI=1S/C9H19NOS/c1-9-2-3-10(8-9)4-5-11-6-7-12/h9,12H,2-8H2,1H3. The molecule has 1 fully saturated rings. The summed E-state index contributed by atoms with van der Waals surface area (Å²) >= 11 is 4.08. The third kappa shape index (κ3) is 3.78. The normalized spacial score (nSPS) is 25.0. The highest BCUT2D eigenvalue weighted by Crippen LogP contribution is 2.13. The summed E-state index contributed by atoms with van der Waals surface area (Å²) in [6.07, 6.45) is 1.35. The molecule has 0 aromatic heterocycles. The SMILES string of the molecule is CC1CCN(CCOCCS)C1. The number of hydrogen-bond donors (Lipinski definition) is 1. The Bertz CT molecular complexity index is 121. The molecule has 0 bridgehead atoms. The summed E-state index contributed by atoms with van der Waals surface area (Å²) in [6.45, 7) is 7.57. The zero-order chi connectivity index (χ0) is 8.81. The lowest BCUT2D eigenvalue weighted by atomic mass is 10.2. The summed E-state index contributed by atoms with van der Waals surface area (Å²) < 4.78 is 5.36. The highest BCUT2D eigenvalue weighted by Gasteiger charge is 2.17. The first-order valence-corrected chi connectivity index (χ1v) is 5.37. The molecule has 0 aliphatic carbocycles. The van der Waals surface area contributed by atoms with E-state index in [9.17, 15) is 0 Å². The van der Waals surface area contributed by atoms with E-state index in [2.05, 4.69) is 24.5 Å². The summed E-state index contributed by atoms with van der Waals surface area (Å²) in [5.74, 6) is 1.71. The van der Waals surface area contributed by atoms with Gasteiger partial charge in [-0.2, -0.15) is 12.6 Å². The molecule has 1 atom stereocenters. The third-order valence-electron chi connectivity index (χ3n) is 2.30. The molecule has 0 amide bonds. The van der Waals surface area contributed by atoms with Gasteiger partial charge in [-0.1, -0.05) is 6.92 Å². The summed E-state index contributed by atoms with van der Waals surface area (Å²) in [5.41, 5.74) is 0. The van der Waals surface area contributed by atoms with Gasteiger partial charge >= 0.3 is 0 Å². The monoisotopic (exact) mass is 189 g/mol. The smallest absolute Gasteiger partial charge is 0.0593 e. The van der Waals surface area contributed by atoms with Crippen molar-refractivity contribution in [3.8, 4) is 0 Å². The number of hydrogen-bond acceptors (Lipinski definition) is 3. The van der Waals surface area contributed by atoms with Crippen LogP contribution >= 0.6 is 12.6 Å². The van der Waals surface area contributed by atoms with Gasteiger partial charge in [0.25, 0.3) is 0 Å². The van der Waals surface area contributed by atoms with Gasteiger partial charge < -0.3 is 9.64 Å². The predicted molar refractivity (Wildman–Crippen MR) is 54.9 cm³/mol. The van der Waals surface area contributed by atoms with Gasteiger partial charge in [0.15, 0.2) is 0 Å². The first-order chi connectivity index (χ1) is 5.83. The molecule has 1 rings (SSSR count). The topological polar surface area (TPSA) is 12.5 Å². The van der Waals surface area contributed by atoms with Gasteiger partial charge in [-0.15, -0.1) is 0 Å². The Kier molecular flexibility index (Phi) is 5.04. The van der Waals surface area contributed by atoms with E-state index in [1.807, 2.05) is 0 Å². The molecule has 1 saturated heterocycles. The quantitative estimate of drug-likeness (QED) is 0.516. The van der Waals surface area contributed by atoms with Crippen LogP contribution in [0.4, 0.5) is 0 Å². The van der Waals surface area contributed by atoms with Crippen molar-refractivity contribution in [2.45, 2.75) is 13.3 Å². The largest absolute Gasteiger partial charge is 0.379 e. The van der Waals surface area contributed by atoms with E-state index in [0.717, 1.165) is 31.4 Å². The molecule has 1 aliphatic heterocycles. The molecule has 0 saturated carbocycles. The maximum atomic E-state index is 5.36. The third-order valence-corrected chi connectivity index (χ3v) is 2.48. The van der Waals surface area contributed by atoms with Gasteiger partial charge in [-0.25, -0.2) is 0 Å². The van der Waals surface area contributed by atoms with Crippen LogP contribution in [0.5, 0.6) is 0 Å². The van der Waals surface area contributed by atoms with Crippen LogP contribution < -0.4 is 0 Å². The fourth-order valence-electron chi connectivity index (χ4n) is 1.59. The minimum absolute atomic E-state index is 0.784. The first kappa shape index (κ1) is 10.4. The van der Waals surface area contributed by atoms with Crippen LogP contribution in [0.15, 0.2) is 0 Å². The van der Waals surface area contributed by atoms with Crippen molar-refractivity contribution >= 4 is 12.6 Å². The van der Waals surface area contributed by atoms with Crippen LogP contribution in [0.3, 0.4) is 0 Å². The second-order valence-electron chi connectivity index (χ2n) is 3.53. The molecule has 0 spiro atoms. The van der Waals surface area contributed by atoms with Crippen LogP contribution in [-0.2, 0) is 4.74 Å². The Balaban J connectivity index is 1.93. The molecule has 2 nitrogen and oxygen atoms in total. The van der Waals surface area contributed by atoms with Crippen LogP contribution in [0.25, 0.3) is 0 Å². The number of ether oxygens (including phenoxy) is 1. The summed E-state index contributed by atoms with van der Waals surface area (Å²) in [6, 6.07) is 0. The summed E-state index contributed by atoms with van der Waals surface area (Å²) in [5, 5.41) is 0. The second-order valence-corrected chi connectivity index (χ2v) is 3.98. The number of thiol groups is 1. The maximum Gasteiger partial charge on any atom is 0.0593 e. The molecule has 1 heterocycles. The van der Waals surface area contributed by atoms with Crippen molar-refractivity contribution < 1.29 is 4.74 Å². The van der Waals surface area contributed by atoms with Gasteiger partial charge in [-0.3, -0.25) is 0 Å². The Morgan fingerprint density at radius 1 is 1.50 bits per heavy atom. The van der Waals surface area contributed by atoms with Crippen molar-refractivity contribution in [1.29, 1.82) is 0 Å². The number of likely N-dealkylation sites (tertiary alicyclic amines) is 1. The molecule has 72 valence electrons. The maximum absolute atomic E-state index is 5.36. The minimum Gasteiger partial charge on any atom is -0.379 e. The number of nitrogens with zero attached hydrogens (tertiary/aromatic N) is 1. The predicted octanol–water partition coefficient (Wildman–Crippen LogP) is 1.27. The van der Waals surface area contributed by atoms with Crippen molar-refractivity contribution in [2.75, 3.05) is 38.6 Å². The van der Waals surface area contributed by atoms with E-state index in [1.165, 1.54) is 19.5 Å². The fourth-order valence-corrected chi connectivity index (χ4v) is 1.72. The van der Waals surface area contributed by atoms with E-state index in [-0.39, 0.29) is 0 Å². The molecule has 12 heavy (non-hydrogen) atoms. The Morgan fingerprint density at radius 3 is 2.92 bits per heavy atom. The molecular weight excluding hydrogens is 170 g/mol. The van der Waals surface area contributed by atoms with Crippen molar-refractivity contribution in [3.05, 3.63) is 0 Å². The van der Waals surface area contributed by atoms with Crippen LogP contribution in [0.1, 0.15) is 13.3 Å². The second kappa shape index (κ2) is 5.84. The molecule has 3 heteroatoms. The molecular formula is C9H19NOS. The first-order valence-electron chi connectivity index (χ1n) is 4.74. The van der Waals surface area contributed by atoms with E-state index in [4.69, 9.17) is 4.74 Å². The lowest BCUT2D eigenvalue weighted by Crippen LogP contribution is -2.25. The number of rotatable bonds is 5. The Hall–Kier alpha value is 0.270. The van der Waals surface area contributed by atoms with Gasteiger partial charge in [0.1, 0.15) is 0 Å². The zero-order valence-corrected chi connectivity index (χ0v) is 8.72. The minimum atomic E-state index is 0.784. The summed E-state index contributed by atoms with van der Waals surface area (Å²) in [7, 11) is 0. The molecule has 1 aliphatic rings. The Morgan fingerprint density at radius 2 is 2.33 bits per heavy atom. The highest BCUT2D eigenvalue weighted by molar-refractivity contribution is 7.80. The van der Waals surface area contributed by atoms with Crippen LogP contribution in [-0.4, -0.2) is 43.5 Å². The molecule has 0 aromatic rings. The molecule has 0 N–H and O–H groups in total. The zero-order valence-electron chi connectivity index (χ0n) is 7.83. The van der Waals surface area contributed by atoms with E-state index in [1.54, 1.807) is 0 Å². The van der Waals surface area contributed by atoms with Crippen LogP contribution in [0.2, 0.25) is 0 Å². The summed E-state index contributed by atoms with van der Waals surface area (Å²) in [4.78, 5) is 2.48. The average Bonchev–Trinajstić information content (AvgIpc) is 2.45. The van der Waals surface area contributed by atoms with E-state index in [0.29, 0.717) is 0 Å². The van der Waals surface area contributed by atoms with E-state index < -0.39 is 0 Å². The van der Waals surface area contributed by atoms with Crippen molar-refractivity contribution in [3.63, 3.8) is 0 Å². The van der Waals surface area contributed by atoms with Gasteiger partial charge in [-0.05, 0) is 18.9 Å². The van der Waals surface area contributed by atoms with E-state index >= 15 is 0 Å². The van der Waals surface area contributed by atoms with Crippen molar-refractivity contribution in [1.82, 2.24) is 4.90 Å². The van der Waals surface area contributed by atoms with Gasteiger partial charge in [0, 0.05) is 18.8 Å². The Labute approximate surface area is 80.7 Å². The van der Waals surface area contributed by atoms with Crippen molar-refractivity contribution in [2.24, 2.45) is 5.92 Å². The molecule has 1 unspecified atom stereocenters. The lowest BCUT2D eigenvalue weighted by Gasteiger charge is -2.14. The highest BCUT2D eigenvalue weighted by atomic mass is 32.1. The van der Waals surface area contributed by atoms with Gasteiger partial charge in [0.05, 0.1) is 13.2 Å². The molecule has 0 radical (unpaired) electrons. The average molecular weight is 189 g/mol. The molecule has 0 aromatic carbocycles. The fraction of sp³-hybridized carbons (Fsp3) is 1.00.